The number of nitrogens with two attached hydrogens (primary N) is 1. The van der Waals surface area contributed by atoms with Crippen molar-refractivity contribution in [3.8, 4) is 0 Å². The Morgan fingerprint density at radius 1 is 1.20 bits per heavy atom. The fourth-order valence-corrected chi connectivity index (χ4v) is 1.94. The Balaban J connectivity index is 2.40. The number of nitrogens with zero attached hydrogens (tertiary/aromatic N) is 1. The van der Waals surface area contributed by atoms with Crippen LogP contribution in [0.25, 0.3) is 0 Å². The Hall–Kier alpha value is -2.60. The number of nitrogens with one attached hydrogen (secondary N) is 1. The van der Waals surface area contributed by atoms with Gasteiger partial charge in [-0.05, 0) is 18.2 Å². The minimum Gasteiger partial charge on any atom is -0.397 e. The molecule has 2 aromatic rings. The van der Waals surface area contributed by atoms with Crippen LogP contribution in [0.1, 0.15) is 10.4 Å². The third-order valence-corrected chi connectivity index (χ3v) is 2.94. The number of benzene rings is 2. The molecule has 2 rings (SSSR count). The Morgan fingerprint density at radius 2 is 1.90 bits per heavy atom. The van der Waals surface area contributed by atoms with Crippen molar-refractivity contribution in [1.29, 1.82) is 0 Å². The van der Waals surface area contributed by atoms with Crippen LogP contribution in [0.15, 0.2) is 42.5 Å². The van der Waals surface area contributed by atoms with E-state index in [2.05, 4.69) is 5.32 Å². The average molecular weight is 292 g/mol. The van der Waals surface area contributed by atoms with Crippen LogP contribution >= 0.6 is 11.6 Å². The van der Waals surface area contributed by atoms with Gasteiger partial charge < -0.3 is 11.1 Å². The first-order valence-corrected chi connectivity index (χ1v) is 5.97. The Bertz CT molecular complexity index is 688. The Morgan fingerprint density at radius 3 is 2.55 bits per heavy atom. The van der Waals surface area contributed by atoms with Crippen LogP contribution in [-0.4, -0.2) is 10.8 Å². The van der Waals surface area contributed by atoms with Gasteiger partial charge in [-0.2, -0.15) is 0 Å². The smallest absolute Gasteiger partial charge is 0.283 e. The first kappa shape index (κ1) is 13.8. The van der Waals surface area contributed by atoms with Crippen LogP contribution in [-0.2, 0) is 0 Å². The highest BCUT2D eigenvalue weighted by Crippen LogP contribution is 2.28. The summed E-state index contributed by atoms with van der Waals surface area (Å²) in [7, 11) is 0. The molecule has 0 fully saturated rings. The van der Waals surface area contributed by atoms with E-state index in [9.17, 15) is 14.9 Å². The van der Waals surface area contributed by atoms with Crippen molar-refractivity contribution in [2.45, 2.75) is 0 Å². The second kappa shape index (κ2) is 5.58. The minimum atomic E-state index is -0.680. The van der Waals surface area contributed by atoms with Gasteiger partial charge in [0.1, 0.15) is 5.56 Å². The van der Waals surface area contributed by atoms with Gasteiger partial charge in [-0.1, -0.05) is 29.8 Å². The predicted molar refractivity (Wildman–Crippen MR) is 76.9 cm³/mol. The second-order valence-corrected chi connectivity index (χ2v) is 4.34. The summed E-state index contributed by atoms with van der Waals surface area (Å²) in [6, 6.07) is 10.6. The van der Waals surface area contributed by atoms with Crippen LogP contribution < -0.4 is 11.1 Å². The number of hydrogen-bond acceptors (Lipinski definition) is 4. The Kier molecular flexibility index (Phi) is 3.86. The third-order valence-electron chi connectivity index (χ3n) is 2.62. The van der Waals surface area contributed by atoms with E-state index in [1.165, 1.54) is 18.2 Å². The average Bonchev–Trinajstić information content (AvgIpc) is 2.40. The highest BCUT2D eigenvalue weighted by atomic mass is 35.5. The molecular formula is C13H10ClN3O3. The lowest BCUT2D eigenvalue weighted by molar-refractivity contribution is -0.385. The van der Waals surface area contributed by atoms with Crippen LogP contribution in [0.4, 0.5) is 17.1 Å². The SMILES string of the molecule is Nc1ccccc1NC(=O)c1c(Cl)cccc1[N+](=O)[O-]. The molecule has 0 aliphatic heterocycles. The van der Waals surface area contributed by atoms with Gasteiger partial charge in [0.2, 0.25) is 0 Å². The molecule has 0 radical (unpaired) electrons. The molecule has 0 unspecified atom stereocenters. The van der Waals surface area contributed by atoms with Crippen molar-refractivity contribution < 1.29 is 9.72 Å². The van der Waals surface area contributed by atoms with Crippen molar-refractivity contribution in [2.24, 2.45) is 0 Å². The standard InChI is InChI=1S/C13H10ClN3O3/c14-8-4-3-7-11(17(19)20)12(8)13(18)16-10-6-2-1-5-9(10)15/h1-7H,15H2,(H,16,18). The first-order valence-electron chi connectivity index (χ1n) is 5.59. The van der Waals surface area contributed by atoms with Gasteiger partial charge in [0, 0.05) is 6.07 Å². The summed E-state index contributed by atoms with van der Waals surface area (Å²) in [5.41, 5.74) is 5.88. The monoisotopic (exact) mass is 291 g/mol. The number of nitro groups is 1. The molecule has 0 spiro atoms. The number of rotatable bonds is 3. The molecule has 0 atom stereocenters. The lowest BCUT2D eigenvalue weighted by atomic mass is 10.1. The van der Waals surface area contributed by atoms with Crippen molar-refractivity contribution in [3.63, 3.8) is 0 Å². The predicted octanol–water partition coefficient (Wildman–Crippen LogP) is 3.08. The molecule has 0 aromatic heterocycles. The van der Waals surface area contributed by atoms with Crippen LogP contribution in [0.5, 0.6) is 0 Å². The van der Waals surface area contributed by atoms with Gasteiger partial charge in [0.15, 0.2) is 0 Å². The van der Waals surface area contributed by atoms with Crippen LogP contribution in [0.2, 0.25) is 5.02 Å². The van der Waals surface area contributed by atoms with Gasteiger partial charge >= 0.3 is 0 Å². The number of para-hydroxylation sites is 2. The van der Waals surface area contributed by atoms with Crippen LogP contribution in [0.3, 0.4) is 0 Å². The molecule has 0 bridgehead atoms. The number of nitro benzene ring substituents is 1. The normalized spacial score (nSPS) is 10.1. The van der Waals surface area contributed by atoms with Crippen molar-refractivity contribution in [3.05, 3.63) is 63.2 Å². The number of halogens is 1. The number of anilines is 2. The quantitative estimate of drug-likeness (QED) is 0.516. The summed E-state index contributed by atoms with van der Waals surface area (Å²) >= 11 is 5.88. The lowest BCUT2D eigenvalue weighted by Gasteiger charge is -2.09. The number of carbonyl (C=O) groups is 1. The van der Waals surface area contributed by atoms with E-state index in [4.69, 9.17) is 17.3 Å². The van der Waals surface area contributed by atoms with Crippen molar-refractivity contribution in [1.82, 2.24) is 0 Å². The molecule has 0 heterocycles. The third kappa shape index (κ3) is 2.70. The largest absolute Gasteiger partial charge is 0.397 e. The van der Waals surface area contributed by atoms with E-state index in [0.717, 1.165) is 0 Å². The number of amides is 1. The highest BCUT2D eigenvalue weighted by Gasteiger charge is 2.23. The zero-order chi connectivity index (χ0) is 14.7. The summed E-state index contributed by atoms with van der Waals surface area (Å²) < 4.78 is 0. The number of nitrogen functional groups attached to an aromatic ring is 1. The van der Waals surface area contributed by atoms with Gasteiger partial charge in [-0.3, -0.25) is 14.9 Å². The summed E-state index contributed by atoms with van der Waals surface area (Å²) in [4.78, 5) is 22.4. The van der Waals surface area contributed by atoms with Crippen LogP contribution in [0, 0.1) is 10.1 Å². The Labute approximate surface area is 119 Å². The molecule has 1 amide bonds. The molecule has 3 N–H and O–H groups in total. The van der Waals surface area contributed by atoms with E-state index < -0.39 is 10.8 Å². The number of hydrogen-bond donors (Lipinski definition) is 2. The fraction of sp³-hybridized carbons (Fsp3) is 0. The van der Waals surface area contributed by atoms with E-state index >= 15 is 0 Å². The molecule has 2 aromatic carbocycles. The molecule has 0 saturated heterocycles. The van der Waals surface area contributed by atoms with E-state index in [-0.39, 0.29) is 16.3 Å². The summed E-state index contributed by atoms with van der Waals surface area (Å²) in [6.45, 7) is 0. The van der Waals surface area contributed by atoms with Crippen molar-refractivity contribution in [2.75, 3.05) is 11.1 Å². The summed E-state index contributed by atoms with van der Waals surface area (Å²) in [6.07, 6.45) is 0. The highest BCUT2D eigenvalue weighted by molar-refractivity contribution is 6.35. The molecule has 7 heteroatoms. The molecular weight excluding hydrogens is 282 g/mol. The summed E-state index contributed by atoms with van der Waals surface area (Å²) in [5, 5.41) is 13.5. The van der Waals surface area contributed by atoms with Gasteiger partial charge in [-0.25, -0.2) is 0 Å². The van der Waals surface area contributed by atoms with E-state index in [1.54, 1.807) is 24.3 Å². The molecule has 0 saturated carbocycles. The van der Waals surface area contributed by atoms with Gasteiger partial charge in [0.25, 0.3) is 11.6 Å². The minimum absolute atomic E-state index is 0.00574. The zero-order valence-electron chi connectivity index (χ0n) is 10.2. The molecule has 6 nitrogen and oxygen atoms in total. The number of carbonyl (C=O) groups excluding carboxylic acids is 1. The fourth-order valence-electron chi connectivity index (χ4n) is 1.69. The second-order valence-electron chi connectivity index (χ2n) is 3.93. The topological polar surface area (TPSA) is 98.3 Å². The van der Waals surface area contributed by atoms with E-state index in [1.807, 2.05) is 0 Å². The zero-order valence-corrected chi connectivity index (χ0v) is 10.9. The maximum absolute atomic E-state index is 12.2. The molecule has 0 aliphatic carbocycles. The maximum atomic E-state index is 12.2. The summed E-state index contributed by atoms with van der Waals surface area (Å²) in [5.74, 6) is -0.680. The maximum Gasteiger partial charge on any atom is 0.283 e. The molecule has 0 aliphatic rings. The molecule has 102 valence electrons. The lowest BCUT2D eigenvalue weighted by Crippen LogP contribution is -2.15. The first-order chi connectivity index (χ1) is 9.50. The van der Waals surface area contributed by atoms with Gasteiger partial charge in [-0.15, -0.1) is 0 Å². The molecule has 20 heavy (non-hydrogen) atoms. The van der Waals surface area contributed by atoms with E-state index in [0.29, 0.717) is 11.4 Å². The van der Waals surface area contributed by atoms with Gasteiger partial charge in [0.05, 0.1) is 21.3 Å². The van der Waals surface area contributed by atoms with Crippen molar-refractivity contribution >= 4 is 34.6 Å².